The third kappa shape index (κ3) is 38.7. The first kappa shape index (κ1) is 75.1. The van der Waals surface area contributed by atoms with Crippen LogP contribution in [0.1, 0.15) is 234 Å². The zero-order valence-corrected chi connectivity index (χ0v) is 54.2. The molecule has 0 aromatic carbocycles. The van der Waals surface area contributed by atoms with Crippen LogP contribution in [0.15, 0.2) is 0 Å². The van der Waals surface area contributed by atoms with Crippen molar-refractivity contribution in [3.8, 4) is 0 Å². The number of amides is 7. The van der Waals surface area contributed by atoms with Gasteiger partial charge in [-0.25, -0.2) is 28.8 Å². The SMILES string of the molecule is CCCCCCC(=O)NCCCCCCC(N(CCCCN(CCCN(C)C(=O)OC(C)(C)C)C(=O)OC(C)(C)C)C(=O)OC(C)(C)C)N(CCCCN(CCCN(C)C(=O)OC(C)(C)C)C(=O)OC(C)(C)C)C(=O)OC(C)(C)C. The molecule has 0 aliphatic heterocycles. The van der Waals surface area contributed by atoms with Crippen LogP contribution in [-0.4, -0.2) is 185 Å². The van der Waals surface area contributed by atoms with Crippen molar-refractivity contribution >= 4 is 42.5 Å². The molecule has 1 N–H and O–H groups in total. The Morgan fingerprint density at radius 2 is 0.662 bits per heavy atom. The summed E-state index contributed by atoms with van der Waals surface area (Å²) in [7, 11) is 3.31. The molecular formula is C60H115N7O13. The van der Waals surface area contributed by atoms with Gasteiger partial charge in [0.2, 0.25) is 5.91 Å². The quantitative estimate of drug-likeness (QED) is 0.0378. The summed E-state index contributed by atoms with van der Waals surface area (Å²) in [6, 6.07) is 0. The second-order valence-corrected chi connectivity index (χ2v) is 27.1. The minimum Gasteiger partial charge on any atom is -0.444 e. The lowest BCUT2D eigenvalue weighted by atomic mass is 10.1. The van der Waals surface area contributed by atoms with Gasteiger partial charge in [0.15, 0.2) is 0 Å². The number of nitrogens with zero attached hydrogens (tertiary/aromatic N) is 6. The molecule has 0 radical (unpaired) electrons. The predicted octanol–water partition coefficient (Wildman–Crippen LogP) is 13.4. The summed E-state index contributed by atoms with van der Waals surface area (Å²) in [5.41, 5.74) is -4.61. The molecule has 0 aromatic rings. The van der Waals surface area contributed by atoms with E-state index in [1.165, 1.54) is 9.80 Å². The van der Waals surface area contributed by atoms with Gasteiger partial charge in [-0.1, -0.05) is 39.0 Å². The van der Waals surface area contributed by atoms with Crippen molar-refractivity contribution in [1.82, 2.24) is 34.7 Å². The van der Waals surface area contributed by atoms with E-state index in [2.05, 4.69) is 12.2 Å². The van der Waals surface area contributed by atoms with Crippen molar-refractivity contribution in [2.45, 2.75) is 274 Å². The minimum absolute atomic E-state index is 0.0576. The molecular weight excluding hydrogens is 1030 g/mol. The summed E-state index contributed by atoms with van der Waals surface area (Å²) in [5.74, 6) is 0.0576. The normalized spacial score (nSPS) is 12.3. The average molecular weight is 1140 g/mol. The van der Waals surface area contributed by atoms with Gasteiger partial charge in [0.1, 0.15) is 39.8 Å². The Hall–Kier alpha value is -4.91. The van der Waals surface area contributed by atoms with E-state index in [9.17, 15) is 33.6 Å². The van der Waals surface area contributed by atoms with Gasteiger partial charge in [-0.05, 0) is 189 Å². The monoisotopic (exact) mass is 1140 g/mol. The van der Waals surface area contributed by atoms with E-state index >= 15 is 0 Å². The van der Waals surface area contributed by atoms with Gasteiger partial charge in [-0.2, -0.15) is 0 Å². The van der Waals surface area contributed by atoms with Crippen LogP contribution in [0, 0.1) is 0 Å². The molecule has 0 aromatic heterocycles. The highest BCUT2D eigenvalue weighted by atomic mass is 16.6. The Morgan fingerprint density at radius 3 is 1.02 bits per heavy atom. The second kappa shape index (κ2) is 35.8. The molecule has 0 atom stereocenters. The third-order valence-corrected chi connectivity index (χ3v) is 11.7. The summed E-state index contributed by atoms with van der Waals surface area (Å²) in [4.78, 5) is 104. The summed E-state index contributed by atoms with van der Waals surface area (Å²) in [5, 5.41) is 3.05. The van der Waals surface area contributed by atoms with Crippen LogP contribution in [0.4, 0.5) is 28.8 Å². The molecule has 0 spiro atoms. The van der Waals surface area contributed by atoms with Gasteiger partial charge in [-0.3, -0.25) is 14.6 Å². The number of nitrogens with one attached hydrogen (secondary N) is 1. The lowest BCUT2D eigenvalue weighted by Gasteiger charge is -2.41. The Kier molecular flexibility index (Phi) is 33.6. The maximum Gasteiger partial charge on any atom is 0.411 e. The molecule has 0 saturated heterocycles. The molecule has 80 heavy (non-hydrogen) atoms. The first-order chi connectivity index (χ1) is 36.6. The zero-order valence-electron chi connectivity index (χ0n) is 54.2. The van der Waals surface area contributed by atoms with Gasteiger partial charge >= 0.3 is 36.6 Å². The van der Waals surface area contributed by atoms with E-state index in [1.807, 2.05) is 0 Å². The van der Waals surface area contributed by atoms with Crippen LogP contribution >= 0.6 is 0 Å². The van der Waals surface area contributed by atoms with E-state index in [0.29, 0.717) is 90.5 Å². The van der Waals surface area contributed by atoms with E-state index < -0.39 is 76.3 Å². The van der Waals surface area contributed by atoms with Crippen molar-refractivity contribution in [1.29, 1.82) is 0 Å². The van der Waals surface area contributed by atoms with Crippen LogP contribution in [0.2, 0.25) is 0 Å². The Balaban J connectivity index is 7.01. The van der Waals surface area contributed by atoms with E-state index in [0.717, 1.165) is 44.9 Å². The molecule has 20 nitrogen and oxygen atoms in total. The van der Waals surface area contributed by atoms with Crippen LogP contribution in [0.25, 0.3) is 0 Å². The molecule has 0 aliphatic carbocycles. The smallest absolute Gasteiger partial charge is 0.411 e. The number of hydrogen-bond donors (Lipinski definition) is 1. The average Bonchev–Trinajstić information content (AvgIpc) is 3.27. The molecule has 7 amide bonds. The van der Waals surface area contributed by atoms with Gasteiger partial charge in [0.25, 0.3) is 0 Å². The molecule has 0 saturated carbocycles. The van der Waals surface area contributed by atoms with Crippen molar-refractivity contribution in [2.24, 2.45) is 0 Å². The molecule has 468 valence electrons. The summed E-state index contributed by atoms with van der Waals surface area (Å²) < 4.78 is 34.9. The highest BCUT2D eigenvalue weighted by Gasteiger charge is 2.37. The molecule has 0 aliphatic rings. The molecule has 0 fully saturated rings. The third-order valence-electron chi connectivity index (χ3n) is 11.7. The number of carbonyl (C=O) groups excluding carboxylic acids is 7. The number of unbranched alkanes of at least 4 members (excludes halogenated alkanes) is 8. The van der Waals surface area contributed by atoms with Crippen molar-refractivity contribution < 1.29 is 62.0 Å². The number of ether oxygens (including phenoxy) is 6. The molecule has 20 heteroatoms. The number of carbonyl (C=O) groups is 7. The fourth-order valence-electron chi connectivity index (χ4n) is 7.95. The van der Waals surface area contributed by atoms with Gasteiger partial charge < -0.3 is 53.3 Å². The van der Waals surface area contributed by atoms with E-state index in [1.54, 1.807) is 158 Å². The fourth-order valence-corrected chi connectivity index (χ4v) is 7.95. The Labute approximate surface area is 484 Å². The lowest BCUT2D eigenvalue weighted by Crippen LogP contribution is -2.55. The van der Waals surface area contributed by atoms with Crippen LogP contribution < -0.4 is 5.32 Å². The predicted molar refractivity (Wildman–Crippen MR) is 316 cm³/mol. The van der Waals surface area contributed by atoms with Crippen LogP contribution in [-0.2, 0) is 33.2 Å². The molecule has 0 heterocycles. The first-order valence-electron chi connectivity index (χ1n) is 29.7. The molecule has 0 rings (SSSR count). The van der Waals surface area contributed by atoms with E-state index in [4.69, 9.17) is 28.4 Å². The second-order valence-electron chi connectivity index (χ2n) is 27.1. The number of hydrogen-bond acceptors (Lipinski definition) is 13. The topological polar surface area (TPSA) is 206 Å². The van der Waals surface area contributed by atoms with Crippen molar-refractivity contribution in [3.63, 3.8) is 0 Å². The minimum atomic E-state index is -0.885. The molecule has 0 bridgehead atoms. The lowest BCUT2D eigenvalue weighted by molar-refractivity contribution is -0.121. The van der Waals surface area contributed by atoms with Crippen LogP contribution in [0.3, 0.4) is 0 Å². The van der Waals surface area contributed by atoms with Crippen molar-refractivity contribution in [3.05, 3.63) is 0 Å². The number of rotatable bonds is 32. The Morgan fingerprint density at radius 1 is 0.350 bits per heavy atom. The van der Waals surface area contributed by atoms with Crippen molar-refractivity contribution in [2.75, 3.05) is 73.0 Å². The highest BCUT2D eigenvalue weighted by molar-refractivity contribution is 5.75. The van der Waals surface area contributed by atoms with Gasteiger partial charge in [0.05, 0.1) is 0 Å². The van der Waals surface area contributed by atoms with Gasteiger partial charge in [-0.15, -0.1) is 0 Å². The summed E-state index contributed by atoms with van der Waals surface area (Å²) in [6.45, 7) is 37.2. The molecule has 0 unspecified atom stereocenters. The zero-order chi connectivity index (χ0) is 61.7. The van der Waals surface area contributed by atoms with Gasteiger partial charge in [0, 0.05) is 79.4 Å². The summed E-state index contributed by atoms with van der Waals surface area (Å²) >= 11 is 0. The summed E-state index contributed by atoms with van der Waals surface area (Å²) in [6.07, 6.45) is 6.68. The Bertz CT molecular complexity index is 1730. The maximum absolute atomic E-state index is 14.6. The standard InChI is InChI=1S/C60H115N7O13/c1-22-23-24-27-36-47(68)61-38-29-26-25-28-37-48(66(53(73)79-59(14,15)16)45-32-30-41-64(51(71)77-57(8,9)10)43-34-39-62(20)49(69)75-55(2,3)4)67(54(74)80-60(17,18)19)46-33-31-42-65(52(72)78-58(11,12)13)44-35-40-63(21)50(70)76-56(5,6)7/h48H,22-46H2,1-21H3,(H,61,68). The largest absolute Gasteiger partial charge is 0.444 e. The first-order valence-corrected chi connectivity index (χ1v) is 29.7. The maximum atomic E-state index is 14.6. The highest BCUT2D eigenvalue weighted by Crippen LogP contribution is 2.25. The fraction of sp³-hybridized carbons (Fsp3) is 0.883. The van der Waals surface area contributed by atoms with E-state index in [-0.39, 0.29) is 32.1 Å². The van der Waals surface area contributed by atoms with Crippen LogP contribution in [0.5, 0.6) is 0 Å².